The Morgan fingerprint density at radius 3 is 2.27 bits per heavy atom. The van der Waals surface area contributed by atoms with E-state index in [1.165, 1.54) is 5.56 Å². The van der Waals surface area contributed by atoms with Gasteiger partial charge in [0.2, 0.25) is 0 Å². The van der Waals surface area contributed by atoms with Crippen molar-refractivity contribution in [1.82, 2.24) is 0 Å². The molecule has 0 spiro atoms. The third-order valence-corrected chi connectivity index (χ3v) is 6.34. The third kappa shape index (κ3) is 5.47. The van der Waals surface area contributed by atoms with Gasteiger partial charge in [0.05, 0.1) is 0 Å². The number of benzene rings is 3. The molecule has 0 radical (unpaired) electrons. The lowest BCUT2D eigenvalue weighted by molar-refractivity contribution is 0.446. The van der Waals surface area contributed by atoms with Gasteiger partial charge in [-0.15, -0.1) is 0 Å². The lowest BCUT2D eigenvalue weighted by Crippen LogP contribution is -2.14. The van der Waals surface area contributed by atoms with Gasteiger partial charge in [-0.25, -0.2) is 17.6 Å². The number of halogens is 4. The van der Waals surface area contributed by atoms with Gasteiger partial charge in [0, 0.05) is 11.1 Å². The first kappa shape index (κ1) is 23.1. The van der Waals surface area contributed by atoms with Crippen molar-refractivity contribution in [3.63, 3.8) is 0 Å². The van der Waals surface area contributed by atoms with Gasteiger partial charge >= 0.3 is 0 Å². The monoisotopic (exact) mass is 450 g/mol. The summed E-state index contributed by atoms with van der Waals surface area (Å²) in [6.07, 6.45) is 6.74. The number of aryl methyl sites for hydroxylation is 2. The molecule has 4 heteroatoms. The largest absolute Gasteiger partial charge is 0.207 e. The zero-order valence-electron chi connectivity index (χ0n) is 18.7. The first-order valence-corrected chi connectivity index (χ1v) is 11.5. The Labute approximate surface area is 192 Å². The standard InChI is InChI=1S/C29H26F4/c1-2-3-4-5-19-9-13-25(26(30)15-19)24-12-11-22-14-20(8-10-23(22)18-24)6-7-21-16-27(31)29(33)28(32)17-21/h8-10,13-17,24H,2-5,11-12,18H2,1H3. The van der Waals surface area contributed by atoms with Crippen molar-refractivity contribution in [3.05, 3.63) is 105 Å². The van der Waals surface area contributed by atoms with Crippen molar-refractivity contribution >= 4 is 0 Å². The van der Waals surface area contributed by atoms with Crippen LogP contribution in [0.3, 0.4) is 0 Å². The average Bonchev–Trinajstić information content (AvgIpc) is 2.81. The molecule has 0 nitrogen and oxygen atoms in total. The molecule has 1 atom stereocenters. The Kier molecular flexibility index (Phi) is 7.18. The molecule has 0 N–H and O–H groups in total. The highest BCUT2D eigenvalue weighted by Crippen LogP contribution is 2.34. The summed E-state index contributed by atoms with van der Waals surface area (Å²) in [4.78, 5) is 0. The maximum absolute atomic E-state index is 14.8. The van der Waals surface area contributed by atoms with E-state index in [0.717, 1.165) is 79.3 Å². The third-order valence-electron chi connectivity index (χ3n) is 6.34. The van der Waals surface area contributed by atoms with Gasteiger partial charge in [-0.1, -0.05) is 49.8 Å². The Hall–Kier alpha value is -3.06. The van der Waals surface area contributed by atoms with Gasteiger partial charge in [-0.2, -0.15) is 0 Å². The molecule has 0 heterocycles. The molecule has 0 saturated heterocycles. The molecule has 3 aromatic carbocycles. The molecule has 1 aliphatic carbocycles. The van der Waals surface area contributed by atoms with E-state index < -0.39 is 17.5 Å². The minimum Gasteiger partial charge on any atom is -0.207 e. The van der Waals surface area contributed by atoms with Crippen molar-refractivity contribution in [2.24, 2.45) is 0 Å². The Balaban J connectivity index is 1.47. The maximum atomic E-state index is 14.8. The summed E-state index contributed by atoms with van der Waals surface area (Å²) >= 11 is 0. The van der Waals surface area contributed by atoms with E-state index in [1.54, 1.807) is 6.07 Å². The lowest BCUT2D eigenvalue weighted by Gasteiger charge is -2.25. The second kappa shape index (κ2) is 10.3. The van der Waals surface area contributed by atoms with E-state index in [0.29, 0.717) is 0 Å². The summed E-state index contributed by atoms with van der Waals surface area (Å²) in [5, 5.41) is 0. The van der Waals surface area contributed by atoms with Gasteiger partial charge in [0.1, 0.15) is 5.82 Å². The molecule has 1 unspecified atom stereocenters. The van der Waals surface area contributed by atoms with Crippen LogP contribution >= 0.6 is 0 Å². The van der Waals surface area contributed by atoms with E-state index >= 15 is 0 Å². The molecule has 0 saturated carbocycles. The SMILES string of the molecule is CCCCCc1ccc(C2CCc3cc(C#Cc4cc(F)c(F)c(F)c4)ccc3C2)c(F)c1. The summed E-state index contributed by atoms with van der Waals surface area (Å²) in [6.45, 7) is 2.16. The molecular weight excluding hydrogens is 424 g/mol. The van der Waals surface area contributed by atoms with Crippen LogP contribution in [0.5, 0.6) is 0 Å². The zero-order chi connectivity index (χ0) is 23.4. The summed E-state index contributed by atoms with van der Waals surface area (Å²) in [5.74, 6) is 1.63. The fourth-order valence-corrected chi connectivity index (χ4v) is 4.51. The molecule has 33 heavy (non-hydrogen) atoms. The second-order valence-corrected chi connectivity index (χ2v) is 8.74. The number of hydrogen-bond donors (Lipinski definition) is 0. The maximum Gasteiger partial charge on any atom is 0.194 e. The number of unbranched alkanes of at least 4 members (excludes halogenated alkanes) is 2. The van der Waals surface area contributed by atoms with Gasteiger partial charge < -0.3 is 0 Å². The van der Waals surface area contributed by atoms with Crippen LogP contribution in [0.4, 0.5) is 17.6 Å². The molecule has 170 valence electrons. The molecule has 0 aromatic heterocycles. The molecule has 0 fully saturated rings. The molecule has 0 amide bonds. The van der Waals surface area contributed by atoms with E-state index in [4.69, 9.17) is 0 Å². The van der Waals surface area contributed by atoms with Crippen molar-refractivity contribution in [2.75, 3.05) is 0 Å². The predicted octanol–water partition coefficient (Wildman–Crippen LogP) is 7.65. The minimum atomic E-state index is -1.49. The van der Waals surface area contributed by atoms with E-state index in [-0.39, 0.29) is 17.3 Å². The second-order valence-electron chi connectivity index (χ2n) is 8.74. The highest BCUT2D eigenvalue weighted by molar-refractivity contribution is 5.47. The fourth-order valence-electron chi connectivity index (χ4n) is 4.51. The van der Waals surface area contributed by atoms with E-state index in [9.17, 15) is 17.6 Å². The molecule has 3 aromatic rings. The van der Waals surface area contributed by atoms with E-state index in [2.05, 4.69) is 24.8 Å². The zero-order valence-corrected chi connectivity index (χ0v) is 18.7. The van der Waals surface area contributed by atoms with Gasteiger partial charge in [0.15, 0.2) is 17.5 Å². The minimum absolute atomic E-state index is 0.0813. The van der Waals surface area contributed by atoms with Crippen molar-refractivity contribution in [3.8, 4) is 11.8 Å². The molecule has 0 aliphatic heterocycles. The summed E-state index contributed by atoms with van der Waals surface area (Å²) in [5.41, 5.74) is 4.97. The van der Waals surface area contributed by atoms with Gasteiger partial charge in [-0.05, 0) is 90.6 Å². The van der Waals surface area contributed by atoms with Crippen LogP contribution in [-0.4, -0.2) is 0 Å². The van der Waals surface area contributed by atoms with Crippen LogP contribution in [0.15, 0.2) is 48.5 Å². The van der Waals surface area contributed by atoms with Gasteiger partial charge in [0.25, 0.3) is 0 Å². The lowest BCUT2D eigenvalue weighted by atomic mass is 9.79. The molecule has 4 rings (SSSR count). The first-order chi connectivity index (χ1) is 15.9. The topological polar surface area (TPSA) is 0 Å². The molecule has 1 aliphatic rings. The number of fused-ring (bicyclic) bond motifs is 1. The van der Waals surface area contributed by atoms with Crippen molar-refractivity contribution < 1.29 is 17.6 Å². The Morgan fingerprint density at radius 2 is 1.55 bits per heavy atom. The van der Waals surface area contributed by atoms with Crippen LogP contribution in [-0.2, 0) is 19.3 Å². The average molecular weight is 451 g/mol. The Morgan fingerprint density at radius 1 is 0.788 bits per heavy atom. The number of hydrogen-bond acceptors (Lipinski definition) is 0. The van der Waals surface area contributed by atoms with Crippen LogP contribution in [0.25, 0.3) is 0 Å². The van der Waals surface area contributed by atoms with Crippen molar-refractivity contribution in [1.29, 1.82) is 0 Å². The van der Waals surface area contributed by atoms with Gasteiger partial charge in [-0.3, -0.25) is 0 Å². The smallest absolute Gasteiger partial charge is 0.194 e. The fraction of sp³-hybridized carbons (Fsp3) is 0.310. The van der Waals surface area contributed by atoms with Crippen LogP contribution < -0.4 is 0 Å². The van der Waals surface area contributed by atoms with Crippen molar-refractivity contribution in [2.45, 2.75) is 57.8 Å². The number of rotatable bonds is 5. The molecular formula is C29H26F4. The summed E-state index contributed by atoms with van der Waals surface area (Å²) in [6, 6.07) is 13.3. The first-order valence-electron chi connectivity index (χ1n) is 11.5. The predicted molar refractivity (Wildman–Crippen MR) is 123 cm³/mol. The highest BCUT2D eigenvalue weighted by atomic mass is 19.2. The Bertz CT molecular complexity index is 1190. The summed E-state index contributed by atoms with van der Waals surface area (Å²) < 4.78 is 54.7. The summed E-state index contributed by atoms with van der Waals surface area (Å²) in [7, 11) is 0. The molecule has 0 bridgehead atoms. The van der Waals surface area contributed by atoms with Crippen LogP contribution in [0, 0.1) is 35.1 Å². The normalized spacial score (nSPS) is 15.0. The van der Waals surface area contributed by atoms with Crippen LogP contribution in [0.2, 0.25) is 0 Å². The van der Waals surface area contributed by atoms with E-state index in [1.807, 2.05) is 24.3 Å². The highest BCUT2D eigenvalue weighted by Gasteiger charge is 2.23. The van der Waals surface area contributed by atoms with Crippen LogP contribution in [0.1, 0.15) is 71.9 Å². The quantitative estimate of drug-likeness (QED) is 0.162.